The number of nitrogen functional groups attached to an aromatic ring is 1. The van der Waals surface area contributed by atoms with Crippen molar-refractivity contribution in [3.63, 3.8) is 0 Å². The maximum Gasteiger partial charge on any atom is 0.167 e. The molecule has 2 aromatic rings. The number of aliphatic hydroxyl groups excluding tert-OH is 2. The second-order valence-electron chi connectivity index (χ2n) is 4.40. The second-order valence-corrected chi connectivity index (χ2v) is 4.40. The number of nitrogens with two attached hydrogens (primary N) is 2. The Bertz CT molecular complexity index is 602. The molecular weight excluding hydrogens is 252 g/mol. The van der Waals surface area contributed by atoms with Crippen LogP contribution in [0.15, 0.2) is 12.7 Å². The van der Waals surface area contributed by atoms with E-state index in [-0.39, 0.29) is 12.4 Å². The largest absolute Gasteiger partial charge is 0.394 e. The Morgan fingerprint density at radius 3 is 2.84 bits per heavy atom. The van der Waals surface area contributed by atoms with Gasteiger partial charge in [0, 0.05) is 0 Å². The first-order valence-corrected chi connectivity index (χ1v) is 5.76. The van der Waals surface area contributed by atoms with Crippen LogP contribution in [0.3, 0.4) is 0 Å². The average Bonchev–Trinajstić information content (AvgIpc) is 2.94. The van der Waals surface area contributed by atoms with Crippen LogP contribution in [-0.4, -0.2) is 54.6 Å². The lowest BCUT2D eigenvalue weighted by atomic mass is 10.1. The Morgan fingerprint density at radius 2 is 2.16 bits per heavy atom. The van der Waals surface area contributed by atoms with Crippen molar-refractivity contribution in [3.05, 3.63) is 12.7 Å². The van der Waals surface area contributed by atoms with Crippen molar-refractivity contribution < 1.29 is 14.9 Å². The molecule has 0 bridgehead atoms. The van der Waals surface area contributed by atoms with Crippen molar-refractivity contribution in [1.82, 2.24) is 19.5 Å². The summed E-state index contributed by atoms with van der Waals surface area (Å²) in [5, 5.41) is 19.0. The van der Waals surface area contributed by atoms with E-state index in [2.05, 4.69) is 15.0 Å². The number of fused-ring (bicyclic) bond motifs is 1. The number of anilines is 1. The normalized spacial score (nSPS) is 31.1. The van der Waals surface area contributed by atoms with Crippen molar-refractivity contribution in [2.24, 2.45) is 5.73 Å². The van der Waals surface area contributed by atoms with Gasteiger partial charge in [-0.2, -0.15) is 0 Å². The van der Waals surface area contributed by atoms with Gasteiger partial charge in [0.15, 0.2) is 17.7 Å². The fraction of sp³-hybridized carbons (Fsp3) is 0.500. The standard InChI is InChI=1S/C10H14N6O3/c11-5-7(18)4(1-17)19-10(5)16-3-15-6-8(12)13-2-14-9(6)16/h2-5,7,10,17-18H,1,11H2,(H2,12,13,14)/t4-,5-,7+,10-/m1/s1. The molecule has 19 heavy (non-hydrogen) atoms. The van der Waals surface area contributed by atoms with E-state index in [1.54, 1.807) is 4.57 Å². The minimum atomic E-state index is -0.952. The van der Waals surface area contributed by atoms with Gasteiger partial charge in [-0.05, 0) is 0 Å². The fourth-order valence-corrected chi connectivity index (χ4v) is 2.23. The zero-order valence-corrected chi connectivity index (χ0v) is 9.92. The van der Waals surface area contributed by atoms with Crippen LogP contribution in [0.4, 0.5) is 5.82 Å². The molecule has 2 aromatic heterocycles. The quantitative estimate of drug-likeness (QED) is 0.487. The van der Waals surface area contributed by atoms with Crippen molar-refractivity contribution in [3.8, 4) is 0 Å². The molecule has 0 spiro atoms. The molecule has 1 fully saturated rings. The van der Waals surface area contributed by atoms with E-state index in [9.17, 15) is 5.11 Å². The van der Waals surface area contributed by atoms with Crippen LogP contribution in [0.25, 0.3) is 11.2 Å². The molecule has 6 N–H and O–H groups in total. The highest BCUT2D eigenvalue weighted by atomic mass is 16.5. The summed E-state index contributed by atoms with van der Waals surface area (Å²) in [5.41, 5.74) is 12.5. The molecule has 1 saturated heterocycles. The molecule has 0 aromatic carbocycles. The Hall–Kier alpha value is -1.81. The molecule has 1 aliphatic rings. The molecule has 0 radical (unpaired) electrons. The predicted octanol–water partition coefficient (Wildman–Crippen LogP) is -2.01. The predicted molar refractivity (Wildman–Crippen MR) is 64.7 cm³/mol. The number of ether oxygens (including phenoxy) is 1. The number of imidazole rings is 1. The average molecular weight is 266 g/mol. The molecule has 9 nitrogen and oxygen atoms in total. The molecular formula is C10H14N6O3. The first kappa shape index (κ1) is 12.2. The van der Waals surface area contributed by atoms with Gasteiger partial charge in [0.05, 0.1) is 19.0 Å². The van der Waals surface area contributed by atoms with Gasteiger partial charge >= 0.3 is 0 Å². The maximum absolute atomic E-state index is 9.85. The number of rotatable bonds is 2. The van der Waals surface area contributed by atoms with E-state index in [4.69, 9.17) is 21.3 Å². The van der Waals surface area contributed by atoms with Gasteiger partial charge in [-0.3, -0.25) is 4.57 Å². The molecule has 9 heteroatoms. The van der Waals surface area contributed by atoms with Crippen LogP contribution >= 0.6 is 0 Å². The third kappa shape index (κ3) is 1.75. The van der Waals surface area contributed by atoms with Crippen molar-refractivity contribution in [2.75, 3.05) is 12.3 Å². The van der Waals surface area contributed by atoms with Crippen LogP contribution in [0.2, 0.25) is 0 Å². The first-order valence-electron chi connectivity index (χ1n) is 5.76. The van der Waals surface area contributed by atoms with E-state index < -0.39 is 24.5 Å². The third-order valence-electron chi connectivity index (χ3n) is 3.26. The van der Waals surface area contributed by atoms with Gasteiger partial charge < -0.3 is 26.4 Å². The maximum atomic E-state index is 9.85. The van der Waals surface area contributed by atoms with Gasteiger partial charge in [0.2, 0.25) is 0 Å². The van der Waals surface area contributed by atoms with Gasteiger partial charge in [-0.15, -0.1) is 0 Å². The zero-order chi connectivity index (χ0) is 13.6. The lowest BCUT2D eigenvalue weighted by molar-refractivity contribution is -0.0437. The van der Waals surface area contributed by atoms with E-state index in [0.29, 0.717) is 11.2 Å². The monoisotopic (exact) mass is 266 g/mol. The molecule has 4 atom stereocenters. The molecule has 3 rings (SSSR count). The molecule has 1 aliphatic heterocycles. The molecule has 0 unspecified atom stereocenters. The number of hydrogen-bond donors (Lipinski definition) is 4. The summed E-state index contributed by atoms with van der Waals surface area (Å²) in [5.74, 6) is 0.259. The zero-order valence-electron chi connectivity index (χ0n) is 9.92. The molecule has 0 saturated carbocycles. The first-order chi connectivity index (χ1) is 9.13. The lowest BCUT2D eigenvalue weighted by Gasteiger charge is -2.17. The topological polar surface area (TPSA) is 145 Å². The smallest absolute Gasteiger partial charge is 0.167 e. The number of hydrogen-bond acceptors (Lipinski definition) is 8. The van der Waals surface area contributed by atoms with Crippen LogP contribution < -0.4 is 11.5 Å². The minimum Gasteiger partial charge on any atom is -0.394 e. The summed E-state index contributed by atoms with van der Waals surface area (Å²) in [7, 11) is 0. The van der Waals surface area contributed by atoms with Crippen LogP contribution in [0.5, 0.6) is 0 Å². The molecule has 3 heterocycles. The Morgan fingerprint density at radius 1 is 1.37 bits per heavy atom. The number of nitrogens with zero attached hydrogens (tertiary/aromatic N) is 4. The van der Waals surface area contributed by atoms with Gasteiger partial charge in [0.1, 0.15) is 24.1 Å². The lowest BCUT2D eigenvalue weighted by Crippen LogP contribution is -2.39. The van der Waals surface area contributed by atoms with Gasteiger partial charge in [-0.1, -0.05) is 0 Å². The van der Waals surface area contributed by atoms with Crippen molar-refractivity contribution in [2.45, 2.75) is 24.5 Å². The van der Waals surface area contributed by atoms with Crippen molar-refractivity contribution in [1.29, 1.82) is 0 Å². The summed E-state index contributed by atoms with van der Waals surface area (Å²) in [6.07, 6.45) is 0.456. The number of aliphatic hydroxyl groups is 2. The Kier molecular flexibility index (Phi) is 2.82. The summed E-state index contributed by atoms with van der Waals surface area (Å²) >= 11 is 0. The van der Waals surface area contributed by atoms with Crippen LogP contribution in [0.1, 0.15) is 6.23 Å². The van der Waals surface area contributed by atoms with Crippen molar-refractivity contribution >= 4 is 17.0 Å². The van der Waals surface area contributed by atoms with Gasteiger partial charge in [0.25, 0.3) is 0 Å². The molecule has 0 aliphatic carbocycles. The molecule has 102 valence electrons. The highest BCUT2D eigenvalue weighted by molar-refractivity contribution is 5.81. The summed E-state index contributed by atoms with van der Waals surface area (Å²) in [6, 6.07) is -0.689. The fourth-order valence-electron chi connectivity index (χ4n) is 2.23. The second kappa shape index (κ2) is 4.38. The highest BCUT2D eigenvalue weighted by Gasteiger charge is 2.42. The van der Waals surface area contributed by atoms with E-state index in [1.807, 2.05) is 0 Å². The van der Waals surface area contributed by atoms with Crippen LogP contribution in [-0.2, 0) is 4.74 Å². The van der Waals surface area contributed by atoms with E-state index in [0.717, 1.165) is 0 Å². The highest BCUT2D eigenvalue weighted by Crippen LogP contribution is 2.30. The third-order valence-corrected chi connectivity index (χ3v) is 3.26. The molecule has 0 amide bonds. The van der Waals surface area contributed by atoms with Gasteiger partial charge in [-0.25, -0.2) is 15.0 Å². The summed E-state index contributed by atoms with van der Waals surface area (Å²) < 4.78 is 7.10. The SMILES string of the molecule is Nc1ncnc2c1ncn2[C@@H]1O[C@H](CO)[C@H](O)[C@H]1N. The Balaban J connectivity index is 2.04. The van der Waals surface area contributed by atoms with E-state index >= 15 is 0 Å². The number of aromatic nitrogens is 4. The van der Waals surface area contributed by atoms with Crippen LogP contribution in [0, 0.1) is 0 Å². The summed E-state index contributed by atoms with van der Waals surface area (Å²) in [6.45, 7) is -0.310. The minimum absolute atomic E-state index is 0.259. The summed E-state index contributed by atoms with van der Waals surface area (Å²) in [4.78, 5) is 12.0. The Labute approximate surface area is 107 Å². The van der Waals surface area contributed by atoms with E-state index in [1.165, 1.54) is 12.7 Å².